The Kier molecular flexibility index (Phi) is 2.31. The SMILES string of the molecule is Cn1c(Cn2cncn2)nc2ccc(C#N)cc21. The van der Waals surface area contributed by atoms with E-state index >= 15 is 0 Å². The summed E-state index contributed by atoms with van der Waals surface area (Å²) in [6.45, 7) is 0.563. The molecule has 0 spiro atoms. The molecule has 2 heterocycles. The Morgan fingerprint density at radius 3 is 3.00 bits per heavy atom. The molecule has 0 aliphatic carbocycles. The summed E-state index contributed by atoms with van der Waals surface area (Å²) in [6, 6.07) is 7.61. The monoisotopic (exact) mass is 238 g/mol. The van der Waals surface area contributed by atoms with Crippen LogP contribution in [0.25, 0.3) is 11.0 Å². The van der Waals surface area contributed by atoms with Gasteiger partial charge in [0.25, 0.3) is 0 Å². The van der Waals surface area contributed by atoms with Gasteiger partial charge >= 0.3 is 0 Å². The first-order valence-corrected chi connectivity index (χ1v) is 5.46. The van der Waals surface area contributed by atoms with Gasteiger partial charge in [0.15, 0.2) is 0 Å². The summed E-state index contributed by atoms with van der Waals surface area (Å²) >= 11 is 0. The molecule has 0 unspecified atom stereocenters. The standard InChI is InChI=1S/C12H10N6/c1-17-11-4-9(5-13)2-3-10(11)16-12(17)6-18-8-14-7-15-18/h2-4,7-8H,6H2,1H3. The van der Waals surface area contributed by atoms with Gasteiger partial charge in [-0.25, -0.2) is 14.6 Å². The lowest BCUT2D eigenvalue weighted by molar-refractivity contribution is 0.635. The minimum Gasteiger partial charge on any atom is -0.330 e. The van der Waals surface area contributed by atoms with Crippen LogP contribution in [0.3, 0.4) is 0 Å². The topological polar surface area (TPSA) is 72.3 Å². The summed E-state index contributed by atoms with van der Waals surface area (Å²) in [5.41, 5.74) is 2.47. The molecule has 0 N–H and O–H groups in total. The van der Waals surface area contributed by atoms with E-state index in [1.807, 2.05) is 23.7 Å². The molecule has 6 nitrogen and oxygen atoms in total. The van der Waals surface area contributed by atoms with Gasteiger partial charge in [-0.3, -0.25) is 0 Å². The van der Waals surface area contributed by atoms with Gasteiger partial charge in [-0.2, -0.15) is 10.4 Å². The van der Waals surface area contributed by atoms with E-state index in [0.717, 1.165) is 16.9 Å². The minimum atomic E-state index is 0.563. The number of aromatic nitrogens is 5. The number of imidazole rings is 1. The van der Waals surface area contributed by atoms with Crippen molar-refractivity contribution in [1.29, 1.82) is 5.26 Å². The second-order valence-corrected chi connectivity index (χ2v) is 4.00. The molecule has 0 bridgehead atoms. The zero-order valence-electron chi connectivity index (χ0n) is 9.78. The van der Waals surface area contributed by atoms with Gasteiger partial charge in [0.05, 0.1) is 22.7 Å². The summed E-state index contributed by atoms with van der Waals surface area (Å²) in [6.07, 6.45) is 3.15. The van der Waals surface area contributed by atoms with E-state index in [1.165, 1.54) is 6.33 Å². The van der Waals surface area contributed by atoms with Crippen LogP contribution in [0.5, 0.6) is 0 Å². The lowest BCUT2D eigenvalue weighted by Gasteiger charge is -2.01. The van der Waals surface area contributed by atoms with Crippen molar-refractivity contribution in [3.8, 4) is 6.07 Å². The minimum absolute atomic E-state index is 0.563. The van der Waals surface area contributed by atoms with E-state index in [2.05, 4.69) is 21.1 Å². The van der Waals surface area contributed by atoms with Gasteiger partial charge in [0, 0.05) is 7.05 Å². The van der Waals surface area contributed by atoms with Gasteiger partial charge in [-0.05, 0) is 18.2 Å². The van der Waals surface area contributed by atoms with Gasteiger partial charge < -0.3 is 4.57 Å². The molecule has 0 amide bonds. The highest BCUT2D eigenvalue weighted by Crippen LogP contribution is 2.16. The van der Waals surface area contributed by atoms with Crippen LogP contribution in [0.2, 0.25) is 0 Å². The third-order valence-electron chi connectivity index (χ3n) is 2.87. The summed E-state index contributed by atoms with van der Waals surface area (Å²) < 4.78 is 3.68. The molecule has 0 fully saturated rings. The molecule has 1 aromatic carbocycles. The van der Waals surface area contributed by atoms with E-state index in [4.69, 9.17) is 5.26 Å². The number of fused-ring (bicyclic) bond motifs is 1. The van der Waals surface area contributed by atoms with Crippen molar-refractivity contribution in [3.05, 3.63) is 42.2 Å². The molecule has 0 atom stereocenters. The Balaban J connectivity index is 2.09. The van der Waals surface area contributed by atoms with Crippen molar-refractivity contribution >= 4 is 11.0 Å². The van der Waals surface area contributed by atoms with Gasteiger partial charge in [-0.15, -0.1) is 0 Å². The van der Waals surface area contributed by atoms with Crippen molar-refractivity contribution in [2.75, 3.05) is 0 Å². The Hall–Kier alpha value is -2.68. The molecule has 88 valence electrons. The summed E-state index contributed by atoms with van der Waals surface area (Å²) in [4.78, 5) is 8.43. The average Bonchev–Trinajstić information content (AvgIpc) is 2.99. The lowest BCUT2D eigenvalue weighted by Crippen LogP contribution is -2.06. The zero-order chi connectivity index (χ0) is 12.5. The molecule has 18 heavy (non-hydrogen) atoms. The number of aryl methyl sites for hydroxylation is 1. The molecule has 3 rings (SSSR count). The fourth-order valence-electron chi connectivity index (χ4n) is 1.91. The second kappa shape index (κ2) is 3.96. The number of nitrogens with zero attached hydrogens (tertiary/aromatic N) is 6. The van der Waals surface area contributed by atoms with E-state index in [9.17, 15) is 0 Å². The van der Waals surface area contributed by atoms with E-state index < -0.39 is 0 Å². The van der Waals surface area contributed by atoms with Gasteiger partial charge in [0.2, 0.25) is 0 Å². The number of hydrogen-bond acceptors (Lipinski definition) is 4. The third kappa shape index (κ3) is 1.62. The number of benzene rings is 1. The number of rotatable bonds is 2. The van der Waals surface area contributed by atoms with Gasteiger partial charge in [-0.1, -0.05) is 0 Å². The molecule has 3 aromatic rings. The molecule has 0 aliphatic rings. The van der Waals surface area contributed by atoms with Crippen molar-refractivity contribution in [2.24, 2.45) is 7.05 Å². The fourth-order valence-corrected chi connectivity index (χ4v) is 1.91. The molecule has 6 heteroatoms. The summed E-state index contributed by atoms with van der Waals surface area (Å²) in [5, 5.41) is 13.0. The largest absolute Gasteiger partial charge is 0.330 e. The van der Waals surface area contributed by atoms with Crippen LogP contribution < -0.4 is 0 Å². The second-order valence-electron chi connectivity index (χ2n) is 4.00. The maximum Gasteiger partial charge on any atom is 0.137 e. The molecule has 0 saturated carbocycles. The van der Waals surface area contributed by atoms with Gasteiger partial charge in [0.1, 0.15) is 25.0 Å². The number of nitriles is 1. The predicted molar refractivity (Wildman–Crippen MR) is 64.6 cm³/mol. The predicted octanol–water partition coefficient (Wildman–Crippen LogP) is 1.08. The maximum atomic E-state index is 8.90. The van der Waals surface area contributed by atoms with Crippen molar-refractivity contribution in [3.63, 3.8) is 0 Å². The average molecular weight is 238 g/mol. The first-order valence-electron chi connectivity index (χ1n) is 5.46. The quantitative estimate of drug-likeness (QED) is 0.669. The Morgan fingerprint density at radius 1 is 1.39 bits per heavy atom. The van der Waals surface area contributed by atoms with Crippen LogP contribution in [0, 0.1) is 11.3 Å². The maximum absolute atomic E-state index is 8.90. The van der Waals surface area contributed by atoms with Crippen molar-refractivity contribution in [1.82, 2.24) is 24.3 Å². The Morgan fingerprint density at radius 2 is 2.28 bits per heavy atom. The summed E-state index contributed by atoms with van der Waals surface area (Å²) in [5.74, 6) is 0.880. The normalized spacial score (nSPS) is 10.7. The molecular formula is C12H10N6. The molecule has 0 radical (unpaired) electrons. The Bertz CT molecular complexity index is 732. The first kappa shape index (κ1) is 10.5. The van der Waals surface area contributed by atoms with Crippen molar-refractivity contribution < 1.29 is 0 Å². The van der Waals surface area contributed by atoms with Crippen LogP contribution in [-0.4, -0.2) is 24.3 Å². The number of hydrogen-bond donors (Lipinski definition) is 0. The van der Waals surface area contributed by atoms with Crippen LogP contribution in [0.15, 0.2) is 30.9 Å². The highest BCUT2D eigenvalue weighted by Gasteiger charge is 2.09. The van der Waals surface area contributed by atoms with Crippen LogP contribution in [0.1, 0.15) is 11.4 Å². The van der Waals surface area contributed by atoms with Crippen LogP contribution in [-0.2, 0) is 13.6 Å². The smallest absolute Gasteiger partial charge is 0.137 e. The zero-order valence-corrected chi connectivity index (χ0v) is 9.78. The highest BCUT2D eigenvalue weighted by molar-refractivity contribution is 5.77. The third-order valence-corrected chi connectivity index (χ3v) is 2.87. The van der Waals surface area contributed by atoms with E-state index in [0.29, 0.717) is 12.1 Å². The molecule has 2 aromatic heterocycles. The fraction of sp³-hybridized carbons (Fsp3) is 0.167. The molecule has 0 aliphatic heterocycles. The van der Waals surface area contributed by atoms with Crippen LogP contribution >= 0.6 is 0 Å². The lowest BCUT2D eigenvalue weighted by atomic mass is 10.2. The first-order chi connectivity index (χ1) is 8.78. The van der Waals surface area contributed by atoms with Crippen molar-refractivity contribution in [2.45, 2.75) is 6.54 Å². The molecule has 0 saturated heterocycles. The van der Waals surface area contributed by atoms with Crippen LogP contribution in [0.4, 0.5) is 0 Å². The summed E-state index contributed by atoms with van der Waals surface area (Å²) in [7, 11) is 1.93. The Labute approximate surface area is 103 Å². The highest BCUT2D eigenvalue weighted by atomic mass is 15.3. The van der Waals surface area contributed by atoms with E-state index in [-0.39, 0.29) is 0 Å². The molecular weight excluding hydrogens is 228 g/mol. The van der Waals surface area contributed by atoms with E-state index in [1.54, 1.807) is 17.1 Å².